The van der Waals surface area contributed by atoms with Crippen molar-refractivity contribution in [2.45, 2.75) is 90.4 Å². The summed E-state index contributed by atoms with van der Waals surface area (Å²) in [7, 11) is 3.29. The summed E-state index contributed by atoms with van der Waals surface area (Å²) in [4.78, 5) is 12.7. The van der Waals surface area contributed by atoms with Crippen LogP contribution in [0.4, 0.5) is 11.5 Å². The number of nitrogens with zero attached hydrogens (tertiary/aromatic N) is 1. The van der Waals surface area contributed by atoms with E-state index in [4.69, 9.17) is 9.47 Å². The molecule has 0 aliphatic carbocycles. The van der Waals surface area contributed by atoms with Crippen molar-refractivity contribution in [1.82, 2.24) is 15.5 Å². The fourth-order valence-electron chi connectivity index (χ4n) is 5.11. The SMILES string of the molecule is CCCCCCCCCCCCCNCCNc1ccc(C(=O)Nc2cc(CCc3cc(OC)cc(OC)c3)[nH]n2)cc1. The number of aryl methyl sites for hydroxylation is 2. The number of anilines is 2. The van der Waals surface area contributed by atoms with Crippen LogP contribution in [0.5, 0.6) is 11.5 Å². The number of aromatic nitrogens is 2. The second-order valence-electron chi connectivity index (χ2n) is 11.2. The van der Waals surface area contributed by atoms with Crippen LogP contribution in [-0.4, -0.2) is 50.0 Å². The molecule has 0 aliphatic rings. The van der Waals surface area contributed by atoms with E-state index in [2.05, 4.69) is 33.1 Å². The Labute approximate surface area is 258 Å². The van der Waals surface area contributed by atoms with Gasteiger partial charge in [0, 0.05) is 42.2 Å². The topological polar surface area (TPSA) is 100 Å². The molecule has 3 aromatic rings. The second-order valence-corrected chi connectivity index (χ2v) is 11.2. The Kier molecular flexibility index (Phi) is 16.1. The fraction of sp³-hybridized carbons (Fsp3) is 0.543. The maximum atomic E-state index is 12.7. The minimum atomic E-state index is -0.184. The predicted molar refractivity (Wildman–Crippen MR) is 178 cm³/mol. The number of hydrogen-bond acceptors (Lipinski definition) is 6. The summed E-state index contributed by atoms with van der Waals surface area (Å²) in [5.74, 6) is 1.85. The van der Waals surface area contributed by atoms with Gasteiger partial charge in [-0.1, -0.05) is 71.1 Å². The highest BCUT2D eigenvalue weighted by Gasteiger charge is 2.10. The maximum Gasteiger partial charge on any atom is 0.256 e. The summed E-state index contributed by atoms with van der Waals surface area (Å²) in [5, 5.41) is 17.1. The van der Waals surface area contributed by atoms with E-state index in [1.807, 2.05) is 48.5 Å². The number of hydrogen-bond donors (Lipinski definition) is 4. The van der Waals surface area contributed by atoms with E-state index in [1.165, 1.54) is 70.6 Å². The lowest BCUT2D eigenvalue weighted by atomic mass is 10.1. The number of carbonyl (C=O) groups excluding carboxylic acids is 1. The number of unbranched alkanes of at least 4 members (excludes halogenated alkanes) is 10. The van der Waals surface area contributed by atoms with Crippen molar-refractivity contribution in [2.75, 3.05) is 44.5 Å². The van der Waals surface area contributed by atoms with E-state index in [0.29, 0.717) is 11.4 Å². The third kappa shape index (κ3) is 13.5. The van der Waals surface area contributed by atoms with Gasteiger partial charge in [0.05, 0.1) is 14.2 Å². The van der Waals surface area contributed by atoms with Crippen molar-refractivity contribution >= 4 is 17.4 Å². The van der Waals surface area contributed by atoms with Gasteiger partial charge in [-0.05, 0) is 67.8 Å². The number of carbonyl (C=O) groups is 1. The van der Waals surface area contributed by atoms with E-state index < -0.39 is 0 Å². The minimum absolute atomic E-state index is 0.184. The van der Waals surface area contributed by atoms with Gasteiger partial charge in [0.2, 0.25) is 0 Å². The molecule has 43 heavy (non-hydrogen) atoms. The van der Waals surface area contributed by atoms with Gasteiger partial charge >= 0.3 is 0 Å². The van der Waals surface area contributed by atoms with Gasteiger partial charge in [0.1, 0.15) is 11.5 Å². The van der Waals surface area contributed by atoms with Gasteiger partial charge in [-0.15, -0.1) is 0 Å². The standard InChI is InChI=1S/C35H53N5O3/c1-4-5-6-7-8-9-10-11-12-13-14-21-36-22-23-37-30-19-16-29(17-20-30)35(41)38-34-26-31(39-40-34)18-15-28-24-32(42-2)27-33(25-28)43-3/h16-17,19-20,24-27,36-37H,4-15,18,21-23H2,1-3H3,(H2,38,39,40,41). The second kappa shape index (κ2) is 20.4. The molecule has 1 aromatic heterocycles. The molecule has 0 bridgehead atoms. The first-order valence-electron chi connectivity index (χ1n) is 16.2. The molecule has 2 aromatic carbocycles. The third-order valence-corrected chi connectivity index (χ3v) is 7.70. The monoisotopic (exact) mass is 591 g/mol. The van der Waals surface area contributed by atoms with Crippen LogP contribution in [0.15, 0.2) is 48.5 Å². The molecule has 0 spiro atoms. The Balaban J connectivity index is 1.25. The van der Waals surface area contributed by atoms with E-state index in [0.717, 1.165) is 60.9 Å². The van der Waals surface area contributed by atoms with Crippen LogP contribution in [0.3, 0.4) is 0 Å². The number of aromatic amines is 1. The highest BCUT2D eigenvalue weighted by Crippen LogP contribution is 2.23. The Bertz CT molecular complexity index is 1160. The zero-order valence-corrected chi connectivity index (χ0v) is 26.6. The van der Waals surface area contributed by atoms with E-state index in [1.54, 1.807) is 14.2 Å². The lowest BCUT2D eigenvalue weighted by molar-refractivity contribution is 0.102. The number of ether oxygens (including phenoxy) is 2. The van der Waals surface area contributed by atoms with Crippen LogP contribution in [0.1, 0.15) is 99.2 Å². The van der Waals surface area contributed by atoms with Gasteiger partial charge in [-0.25, -0.2) is 0 Å². The maximum absolute atomic E-state index is 12.7. The summed E-state index contributed by atoms with van der Waals surface area (Å²) in [6, 6.07) is 15.3. The predicted octanol–water partition coefficient (Wildman–Crippen LogP) is 7.78. The van der Waals surface area contributed by atoms with E-state index in [9.17, 15) is 4.79 Å². The van der Waals surface area contributed by atoms with Gasteiger partial charge < -0.3 is 25.4 Å². The van der Waals surface area contributed by atoms with Crippen LogP contribution in [0, 0.1) is 0 Å². The molecule has 8 nitrogen and oxygen atoms in total. The normalized spacial score (nSPS) is 11.0. The molecule has 0 saturated heterocycles. The molecule has 3 rings (SSSR count). The molecular formula is C35H53N5O3. The molecule has 0 aliphatic heterocycles. The molecule has 4 N–H and O–H groups in total. The average molecular weight is 592 g/mol. The summed E-state index contributed by atoms with van der Waals surface area (Å²) in [5.41, 5.74) is 3.64. The van der Waals surface area contributed by atoms with Crippen molar-refractivity contribution in [1.29, 1.82) is 0 Å². The molecule has 0 radical (unpaired) electrons. The summed E-state index contributed by atoms with van der Waals surface area (Å²) in [6.45, 7) is 5.12. The number of rotatable bonds is 23. The quantitative estimate of drug-likeness (QED) is 0.0841. The Morgan fingerprint density at radius 1 is 0.744 bits per heavy atom. The van der Waals surface area contributed by atoms with Crippen LogP contribution in [-0.2, 0) is 12.8 Å². The zero-order chi connectivity index (χ0) is 30.5. The first kappa shape index (κ1) is 34.0. The van der Waals surface area contributed by atoms with Crippen LogP contribution in [0.2, 0.25) is 0 Å². The number of amides is 1. The Hall–Kier alpha value is -3.52. The molecule has 0 fully saturated rings. The highest BCUT2D eigenvalue weighted by molar-refractivity contribution is 6.03. The van der Waals surface area contributed by atoms with E-state index in [-0.39, 0.29) is 5.91 Å². The van der Waals surface area contributed by atoms with E-state index >= 15 is 0 Å². The number of H-pyrrole nitrogens is 1. The largest absolute Gasteiger partial charge is 0.497 e. The molecule has 0 atom stereocenters. The first-order chi connectivity index (χ1) is 21.1. The minimum Gasteiger partial charge on any atom is -0.497 e. The smallest absolute Gasteiger partial charge is 0.256 e. The van der Waals surface area contributed by atoms with Crippen molar-refractivity contribution in [3.8, 4) is 11.5 Å². The van der Waals surface area contributed by atoms with Crippen LogP contribution < -0.4 is 25.4 Å². The third-order valence-electron chi connectivity index (χ3n) is 7.70. The van der Waals surface area contributed by atoms with Gasteiger partial charge in [-0.2, -0.15) is 5.10 Å². The summed E-state index contributed by atoms with van der Waals surface area (Å²) >= 11 is 0. The molecular weight excluding hydrogens is 538 g/mol. The molecule has 0 saturated carbocycles. The van der Waals surface area contributed by atoms with Gasteiger partial charge in [-0.3, -0.25) is 9.89 Å². The van der Waals surface area contributed by atoms with Crippen molar-refractivity contribution in [3.05, 3.63) is 65.4 Å². The summed E-state index contributed by atoms with van der Waals surface area (Å²) < 4.78 is 10.7. The molecule has 1 amide bonds. The van der Waals surface area contributed by atoms with Gasteiger partial charge in [0.25, 0.3) is 5.91 Å². The van der Waals surface area contributed by atoms with Crippen LogP contribution in [0.25, 0.3) is 0 Å². The average Bonchev–Trinajstić information content (AvgIpc) is 3.49. The number of methoxy groups -OCH3 is 2. The fourth-order valence-corrected chi connectivity index (χ4v) is 5.11. The van der Waals surface area contributed by atoms with Crippen molar-refractivity contribution < 1.29 is 14.3 Å². The molecule has 0 unspecified atom stereocenters. The lowest BCUT2D eigenvalue weighted by Gasteiger charge is -2.09. The highest BCUT2D eigenvalue weighted by atomic mass is 16.5. The zero-order valence-electron chi connectivity index (χ0n) is 26.6. The van der Waals surface area contributed by atoms with Crippen molar-refractivity contribution in [3.63, 3.8) is 0 Å². The number of nitrogens with one attached hydrogen (secondary N) is 4. The van der Waals surface area contributed by atoms with Crippen molar-refractivity contribution in [2.24, 2.45) is 0 Å². The molecule has 1 heterocycles. The van der Waals surface area contributed by atoms with Crippen LogP contribution >= 0.6 is 0 Å². The molecule has 8 heteroatoms. The lowest BCUT2D eigenvalue weighted by Crippen LogP contribution is -2.23. The summed E-state index contributed by atoms with van der Waals surface area (Å²) in [6.07, 6.45) is 16.6. The Morgan fingerprint density at radius 2 is 1.37 bits per heavy atom. The number of benzene rings is 2. The Morgan fingerprint density at radius 3 is 2.00 bits per heavy atom. The van der Waals surface area contributed by atoms with Gasteiger partial charge in [0.15, 0.2) is 5.82 Å². The first-order valence-corrected chi connectivity index (χ1v) is 16.2. The molecule has 236 valence electrons.